The summed E-state index contributed by atoms with van der Waals surface area (Å²) >= 11 is 0. The fraction of sp³-hybridized carbons (Fsp3) is 0.311. The van der Waals surface area contributed by atoms with E-state index in [1.54, 1.807) is 31.5 Å². The minimum absolute atomic E-state index is 0.0161. The molecule has 4 aromatic carbocycles. The van der Waals surface area contributed by atoms with Gasteiger partial charge < -0.3 is 18.9 Å². The lowest BCUT2D eigenvalue weighted by Crippen LogP contribution is -2.34. The molecule has 0 saturated heterocycles. The average Bonchev–Trinajstić information content (AvgIpc) is 3.22. The SMILES string of the molecule is [C-]#[N+]c1cc(C(=O)O[C@H]2CCC(C)CC2/C=N/Nc2nncc3ccccc23)ccc1OC(=O)c1ccc2cc(OCCCCCCOC(=O)C(=C)C)ccc2c1. The highest BCUT2D eigenvalue weighted by molar-refractivity contribution is 5.98. The molecule has 1 saturated carbocycles. The average molecular weight is 768 g/mol. The van der Waals surface area contributed by atoms with E-state index in [1.807, 2.05) is 48.5 Å². The molecular formula is C45H45N5O7. The number of hydrogen-bond acceptors (Lipinski definition) is 11. The van der Waals surface area contributed by atoms with Gasteiger partial charge in [0.2, 0.25) is 5.69 Å². The predicted octanol–water partition coefficient (Wildman–Crippen LogP) is 9.67. The molecule has 12 nitrogen and oxygen atoms in total. The second-order valence-electron chi connectivity index (χ2n) is 14.3. The summed E-state index contributed by atoms with van der Waals surface area (Å²) in [6, 6.07) is 22.9. The Labute approximate surface area is 331 Å². The van der Waals surface area contributed by atoms with Gasteiger partial charge in [0.1, 0.15) is 17.6 Å². The largest absolute Gasteiger partial charge is 0.494 e. The Morgan fingerprint density at radius 1 is 0.912 bits per heavy atom. The smallest absolute Gasteiger partial charge is 0.342 e. The van der Waals surface area contributed by atoms with Crippen LogP contribution in [-0.2, 0) is 14.3 Å². The van der Waals surface area contributed by atoms with Gasteiger partial charge in [-0.1, -0.05) is 49.9 Å². The van der Waals surface area contributed by atoms with Crippen molar-refractivity contribution in [1.29, 1.82) is 0 Å². The van der Waals surface area contributed by atoms with E-state index in [1.165, 1.54) is 18.2 Å². The van der Waals surface area contributed by atoms with Crippen LogP contribution < -0.4 is 14.9 Å². The zero-order valence-electron chi connectivity index (χ0n) is 32.1. The number of hydrazone groups is 1. The van der Waals surface area contributed by atoms with Crippen LogP contribution in [0.3, 0.4) is 0 Å². The first-order valence-electron chi connectivity index (χ1n) is 19.1. The van der Waals surface area contributed by atoms with Crippen molar-refractivity contribution in [3.05, 3.63) is 120 Å². The lowest BCUT2D eigenvalue weighted by atomic mass is 9.81. The molecule has 1 aromatic heterocycles. The van der Waals surface area contributed by atoms with Crippen molar-refractivity contribution in [3.8, 4) is 11.5 Å². The molecule has 1 N–H and O–H groups in total. The Morgan fingerprint density at radius 3 is 2.49 bits per heavy atom. The number of carbonyl (C=O) groups is 3. The van der Waals surface area contributed by atoms with Gasteiger partial charge in [0.05, 0.1) is 31.5 Å². The number of carbonyl (C=O) groups excluding carboxylic acids is 3. The van der Waals surface area contributed by atoms with Crippen LogP contribution in [-0.4, -0.2) is 53.6 Å². The van der Waals surface area contributed by atoms with Crippen LogP contribution in [0.25, 0.3) is 26.4 Å². The molecule has 5 aromatic rings. The summed E-state index contributed by atoms with van der Waals surface area (Å²) in [6.45, 7) is 16.1. The minimum Gasteiger partial charge on any atom is -0.494 e. The maximum absolute atomic E-state index is 13.4. The highest BCUT2D eigenvalue weighted by Gasteiger charge is 2.31. The number of esters is 3. The van der Waals surface area contributed by atoms with Crippen molar-refractivity contribution >= 4 is 57.2 Å². The van der Waals surface area contributed by atoms with Crippen LogP contribution in [0, 0.1) is 18.4 Å². The molecule has 2 unspecified atom stereocenters. The predicted molar refractivity (Wildman–Crippen MR) is 219 cm³/mol. The molecule has 3 atom stereocenters. The van der Waals surface area contributed by atoms with Gasteiger partial charge in [-0.15, -0.1) is 5.10 Å². The van der Waals surface area contributed by atoms with Crippen LogP contribution in [0.2, 0.25) is 0 Å². The molecule has 0 radical (unpaired) electrons. The Bertz CT molecular complexity index is 2330. The standard InChI is InChI=1S/C45H45N5O7/c1-29(2)43(51)55-22-10-6-5-9-21-54-37-18-16-31-24-33(15-14-32(31)25-37)44(52)57-41-20-17-34(26-39(41)46-4)45(53)56-40-19-13-30(3)23-36(40)28-48-50-42-38-12-8-7-11-35(38)27-47-49-42/h7-8,11-12,14-18,20,24-28,30,36,40H,1,5-6,9-10,13,19,21-23H2,2-3H3,(H,49,50)/b48-28+/t30?,36?,40-/m0/s1. The molecule has 0 aliphatic heterocycles. The number of rotatable bonds is 16. The third-order valence-electron chi connectivity index (χ3n) is 9.82. The maximum Gasteiger partial charge on any atom is 0.342 e. The highest BCUT2D eigenvalue weighted by Crippen LogP contribution is 2.34. The highest BCUT2D eigenvalue weighted by atomic mass is 16.5. The van der Waals surface area contributed by atoms with Crippen molar-refractivity contribution < 1.29 is 33.3 Å². The minimum atomic E-state index is -0.631. The quantitative estimate of drug-likeness (QED) is 0.0196. The number of nitrogens with one attached hydrogen (secondary N) is 1. The Hall–Kier alpha value is -6.61. The van der Waals surface area contributed by atoms with Gasteiger partial charge in [-0.3, -0.25) is 5.43 Å². The van der Waals surface area contributed by atoms with Crippen molar-refractivity contribution in [2.75, 3.05) is 18.6 Å². The van der Waals surface area contributed by atoms with Gasteiger partial charge in [0, 0.05) is 34.0 Å². The lowest BCUT2D eigenvalue weighted by Gasteiger charge is -2.32. The van der Waals surface area contributed by atoms with Gasteiger partial charge in [-0.25, -0.2) is 19.2 Å². The maximum atomic E-state index is 13.4. The first-order chi connectivity index (χ1) is 27.7. The molecule has 1 aliphatic carbocycles. The number of unbranched alkanes of at least 4 members (excludes halogenated alkanes) is 3. The van der Waals surface area contributed by atoms with Crippen LogP contribution in [0.15, 0.2) is 102 Å². The van der Waals surface area contributed by atoms with Gasteiger partial charge in [0.25, 0.3) is 0 Å². The molecule has 0 amide bonds. The van der Waals surface area contributed by atoms with Gasteiger partial charge in [-0.05, 0) is 111 Å². The van der Waals surface area contributed by atoms with Crippen LogP contribution in [0.4, 0.5) is 11.5 Å². The Kier molecular flexibility index (Phi) is 13.6. The van der Waals surface area contributed by atoms with E-state index in [4.69, 9.17) is 25.5 Å². The normalized spacial score (nSPS) is 16.5. The zero-order chi connectivity index (χ0) is 40.1. The Balaban J connectivity index is 1.01. The van der Waals surface area contributed by atoms with E-state index in [0.29, 0.717) is 42.5 Å². The monoisotopic (exact) mass is 767 g/mol. The number of aromatic nitrogens is 2. The van der Waals surface area contributed by atoms with Gasteiger partial charge in [0.15, 0.2) is 5.82 Å². The number of benzene rings is 4. The number of anilines is 1. The molecule has 6 rings (SSSR count). The fourth-order valence-electron chi connectivity index (χ4n) is 6.66. The zero-order valence-corrected chi connectivity index (χ0v) is 32.1. The first kappa shape index (κ1) is 40.1. The van der Waals surface area contributed by atoms with E-state index in [0.717, 1.165) is 65.8 Å². The molecule has 12 heteroatoms. The number of ether oxygens (including phenoxy) is 4. The van der Waals surface area contributed by atoms with Crippen LogP contribution >= 0.6 is 0 Å². The van der Waals surface area contributed by atoms with Crippen LogP contribution in [0.1, 0.15) is 79.5 Å². The summed E-state index contributed by atoms with van der Waals surface area (Å²) in [6.07, 6.45) is 8.94. The van der Waals surface area contributed by atoms with E-state index < -0.39 is 18.0 Å². The lowest BCUT2D eigenvalue weighted by molar-refractivity contribution is -0.139. The van der Waals surface area contributed by atoms with Crippen molar-refractivity contribution in [2.24, 2.45) is 16.9 Å². The summed E-state index contributed by atoms with van der Waals surface area (Å²) in [5.74, 6) is 0.0338. The van der Waals surface area contributed by atoms with Crippen molar-refractivity contribution in [1.82, 2.24) is 10.2 Å². The fourth-order valence-corrected chi connectivity index (χ4v) is 6.66. The van der Waals surface area contributed by atoms with E-state index in [-0.39, 0.29) is 28.9 Å². The summed E-state index contributed by atoms with van der Waals surface area (Å²) in [4.78, 5) is 41.6. The van der Waals surface area contributed by atoms with Gasteiger partial charge in [-0.2, -0.15) is 10.2 Å². The molecule has 0 bridgehead atoms. The second-order valence-corrected chi connectivity index (χ2v) is 14.3. The first-order valence-corrected chi connectivity index (χ1v) is 19.1. The van der Waals surface area contributed by atoms with E-state index in [2.05, 4.69) is 39.1 Å². The molecule has 292 valence electrons. The topological polar surface area (TPSA) is 143 Å². The number of hydrogen-bond donors (Lipinski definition) is 1. The summed E-state index contributed by atoms with van der Waals surface area (Å²) in [5, 5.41) is 16.2. The molecule has 1 fully saturated rings. The Morgan fingerprint density at radius 2 is 1.67 bits per heavy atom. The second kappa shape index (κ2) is 19.3. The molecule has 0 spiro atoms. The van der Waals surface area contributed by atoms with Crippen LogP contribution in [0.5, 0.6) is 11.5 Å². The summed E-state index contributed by atoms with van der Waals surface area (Å²) in [7, 11) is 0. The summed E-state index contributed by atoms with van der Waals surface area (Å²) in [5.41, 5.74) is 3.91. The van der Waals surface area contributed by atoms with E-state index in [9.17, 15) is 14.4 Å². The third-order valence-corrected chi connectivity index (χ3v) is 9.82. The molecule has 57 heavy (non-hydrogen) atoms. The number of nitrogens with zero attached hydrogens (tertiary/aromatic N) is 4. The third kappa shape index (κ3) is 10.8. The van der Waals surface area contributed by atoms with Crippen molar-refractivity contribution in [2.45, 2.75) is 64.9 Å². The van der Waals surface area contributed by atoms with E-state index >= 15 is 0 Å². The molecular weight excluding hydrogens is 723 g/mol. The van der Waals surface area contributed by atoms with Crippen molar-refractivity contribution in [3.63, 3.8) is 0 Å². The van der Waals surface area contributed by atoms with Gasteiger partial charge >= 0.3 is 17.9 Å². The summed E-state index contributed by atoms with van der Waals surface area (Å²) < 4.78 is 22.7. The molecule has 1 heterocycles. The number of fused-ring (bicyclic) bond motifs is 2. The molecule has 1 aliphatic rings.